The van der Waals surface area contributed by atoms with E-state index in [-0.39, 0.29) is 0 Å². The van der Waals surface area contributed by atoms with Crippen molar-refractivity contribution < 1.29 is 9.47 Å². The largest absolute Gasteiger partial charge is 0.493 e. The van der Waals surface area contributed by atoms with Crippen LogP contribution >= 0.6 is 0 Å². The van der Waals surface area contributed by atoms with E-state index >= 15 is 0 Å². The van der Waals surface area contributed by atoms with Crippen molar-refractivity contribution in [3.05, 3.63) is 23.8 Å². The van der Waals surface area contributed by atoms with E-state index in [1.807, 2.05) is 19.1 Å². The van der Waals surface area contributed by atoms with Crippen molar-refractivity contribution in [1.82, 2.24) is 0 Å². The summed E-state index contributed by atoms with van der Waals surface area (Å²) in [6.45, 7) is 3.31. The Kier molecular flexibility index (Phi) is 4.98. The third-order valence-electron chi connectivity index (χ3n) is 2.21. The average Bonchev–Trinajstić information content (AvgIpc) is 2.27. The fourth-order valence-electron chi connectivity index (χ4n) is 1.55. The highest BCUT2D eigenvalue weighted by Crippen LogP contribution is 2.31. The Balaban J connectivity index is 2.88. The van der Waals surface area contributed by atoms with Crippen molar-refractivity contribution in [2.75, 3.05) is 20.3 Å². The maximum atomic E-state index is 5.49. The van der Waals surface area contributed by atoms with E-state index in [0.29, 0.717) is 13.2 Å². The predicted molar refractivity (Wildman–Crippen MR) is 61.5 cm³/mol. The summed E-state index contributed by atoms with van der Waals surface area (Å²) in [7, 11) is 1.67. The molecule has 0 radical (unpaired) electrons. The number of aryl methyl sites for hydroxylation is 1. The number of rotatable bonds is 6. The Morgan fingerprint density at radius 2 is 2.13 bits per heavy atom. The van der Waals surface area contributed by atoms with Crippen molar-refractivity contribution in [2.24, 2.45) is 5.73 Å². The van der Waals surface area contributed by atoms with Gasteiger partial charge in [-0.3, -0.25) is 0 Å². The Bertz CT molecular complexity index is 300. The molecule has 0 aliphatic heterocycles. The molecule has 0 aliphatic carbocycles. The number of hydrogen-bond acceptors (Lipinski definition) is 3. The fraction of sp³-hybridized carbons (Fsp3) is 0.500. The molecular weight excluding hydrogens is 190 g/mol. The van der Waals surface area contributed by atoms with E-state index < -0.39 is 0 Å². The Morgan fingerprint density at radius 3 is 2.73 bits per heavy atom. The molecule has 0 spiro atoms. The minimum Gasteiger partial charge on any atom is -0.493 e. The van der Waals surface area contributed by atoms with E-state index in [0.717, 1.165) is 29.9 Å². The van der Waals surface area contributed by atoms with E-state index in [1.54, 1.807) is 7.11 Å². The molecule has 0 saturated heterocycles. The summed E-state index contributed by atoms with van der Waals surface area (Å²) in [6.07, 6.45) is 1.90. The van der Waals surface area contributed by atoms with Gasteiger partial charge in [-0.25, -0.2) is 0 Å². The fourth-order valence-corrected chi connectivity index (χ4v) is 1.55. The molecule has 0 atom stereocenters. The summed E-state index contributed by atoms with van der Waals surface area (Å²) >= 11 is 0. The zero-order chi connectivity index (χ0) is 11.1. The van der Waals surface area contributed by atoms with Gasteiger partial charge in [-0.1, -0.05) is 12.1 Å². The van der Waals surface area contributed by atoms with Crippen LogP contribution in [0.1, 0.15) is 18.9 Å². The van der Waals surface area contributed by atoms with Gasteiger partial charge >= 0.3 is 0 Å². The number of ether oxygens (including phenoxy) is 2. The van der Waals surface area contributed by atoms with Crippen molar-refractivity contribution in [2.45, 2.75) is 19.8 Å². The van der Waals surface area contributed by atoms with Crippen LogP contribution in [0, 0.1) is 0 Å². The second-order valence-electron chi connectivity index (χ2n) is 3.27. The highest BCUT2D eigenvalue weighted by molar-refractivity contribution is 5.46. The molecule has 2 N–H and O–H groups in total. The van der Waals surface area contributed by atoms with E-state index in [4.69, 9.17) is 15.2 Å². The average molecular weight is 209 g/mol. The first-order valence-corrected chi connectivity index (χ1v) is 5.32. The lowest BCUT2D eigenvalue weighted by molar-refractivity contribution is 0.309. The van der Waals surface area contributed by atoms with Gasteiger partial charge in [0.1, 0.15) is 0 Å². The summed E-state index contributed by atoms with van der Waals surface area (Å²) in [5, 5.41) is 0. The highest BCUT2D eigenvalue weighted by Gasteiger charge is 2.08. The molecule has 84 valence electrons. The van der Waals surface area contributed by atoms with Gasteiger partial charge in [0.25, 0.3) is 0 Å². The first-order chi connectivity index (χ1) is 7.33. The first-order valence-electron chi connectivity index (χ1n) is 5.32. The zero-order valence-electron chi connectivity index (χ0n) is 9.45. The van der Waals surface area contributed by atoms with Gasteiger partial charge in [-0.05, 0) is 37.9 Å². The number of hydrogen-bond donors (Lipinski definition) is 1. The summed E-state index contributed by atoms with van der Waals surface area (Å²) in [6, 6.07) is 5.96. The van der Waals surface area contributed by atoms with Crippen LogP contribution in [0.15, 0.2) is 18.2 Å². The molecule has 0 heterocycles. The lowest BCUT2D eigenvalue weighted by Crippen LogP contribution is -2.03. The highest BCUT2D eigenvalue weighted by atomic mass is 16.5. The molecule has 3 heteroatoms. The van der Waals surface area contributed by atoms with Gasteiger partial charge in [0, 0.05) is 0 Å². The van der Waals surface area contributed by atoms with Crippen molar-refractivity contribution in [3.8, 4) is 11.5 Å². The maximum Gasteiger partial charge on any atom is 0.163 e. The summed E-state index contributed by atoms with van der Waals surface area (Å²) in [4.78, 5) is 0. The van der Waals surface area contributed by atoms with Gasteiger partial charge in [-0.15, -0.1) is 0 Å². The Morgan fingerprint density at radius 1 is 1.33 bits per heavy atom. The monoisotopic (exact) mass is 209 g/mol. The normalized spacial score (nSPS) is 10.1. The van der Waals surface area contributed by atoms with Crippen LogP contribution < -0.4 is 15.2 Å². The minimum atomic E-state index is 0.650. The quantitative estimate of drug-likeness (QED) is 0.779. The van der Waals surface area contributed by atoms with Crippen LogP contribution in [0.3, 0.4) is 0 Å². The summed E-state index contributed by atoms with van der Waals surface area (Å²) < 4.78 is 10.9. The summed E-state index contributed by atoms with van der Waals surface area (Å²) in [5.74, 6) is 1.65. The predicted octanol–water partition coefficient (Wildman–Crippen LogP) is 1.99. The Hall–Kier alpha value is -1.22. The van der Waals surface area contributed by atoms with Gasteiger partial charge < -0.3 is 15.2 Å². The molecule has 1 aromatic rings. The number of para-hydroxylation sites is 1. The molecule has 3 nitrogen and oxygen atoms in total. The molecule has 0 fully saturated rings. The van der Waals surface area contributed by atoms with E-state index in [2.05, 4.69) is 6.07 Å². The van der Waals surface area contributed by atoms with Crippen LogP contribution in [0.5, 0.6) is 11.5 Å². The van der Waals surface area contributed by atoms with Crippen molar-refractivity contribution >= 4 is 0 Å². The number of nitrogens with two attached hydrogens (primary N) is 1. The zero-order valence-corrected chi connectivity index (χ0v) is 9.45. The van der Waals surface area contributed by atoms with Crippen molar-refractivity contribution in [1.29, 1.82) is 0 Å². The van der Waals surface area contributed by atoms with Crippen LogP contribution in [0.2, 0.25) is 0 Å². The van der Waals surface area contributed by atoms with Crippen molar-refractivity contribution in [3.63, 3.8) is 0 Å². The van der Waals surface area contributed by atoms with Crippen LogP contribution in [0.25, 0.3) is 0 Å². The molecule has 0 saturated carbocycles. The van der Waals surface area contributed by atoms with E-state index in [1.165, 1.54) is 0 Å². The minimum absolute atomic E-state index is 0.650. The second kappa shape index (κ2) is 6.30. The van der Waals surface area contributed by atoms with Crippen LogP contribution in [-0.4, -0.2) is 20.3 Å². The first kappa shape index (κ1) is 11.9. The van der Waals surface area contributed by atoms with Crippen LogP contribution in [0.4, 0.5) is 0 Å². The molecule has 0 unspecified atom stereocenters. The number of methoxy groups -OCH3 is 1. The third-order valence-corrected chi connectivity index (χ3v) is 2.21. The topological polar surface area (TPSA) is 44.5 Å². The van der Waals surface area contributed by atoms with E-state index in [9.17, 15) is 0 Å². The molecule has 15 heavy (non-hydrogen) atoms. The smallest absolute Gasteiger partial charge is 0.163 e. The second-order valence-corrected chi connectivity index (χ2v) is 3.27. The van der Waals surface area contributed by atoms with Crippen LogP contribution in [-0.2, 0) is 6.42 Å². The molecule has 0 aromatic heterocycles. The lowest BCUT2D eigenvalue weighted by Gasteiger charge is -2.13. The van der Waals surface area contributed by atoms with Gasteiger partial charge in [0.2, 0.25) is 0 Å². The molecule has 1 rings (SSSR count). The SMILES string of the molecule is CCOc1cccc(CCCN)c1OC. The van der Waals surface area contributed by atoms with Gasteiger partial charge in [0.05, 0.1) is 13.7 Å². The molecule has 0 aliphatic rings. The molecule has 1 aromatic carbocycles. The standard InChI is InChI=1S/C12H19NO2/c1-3-15-11-8-4-6-10(7-5-9-13)12(11)14-2/h4,6,8H,3,5,7,9,13H2,1-2H3. The molecule has 0 amide bonds. The number of benzene rings is 1. The molecular formula is C12H19NO2. The van der Waals surface area contributed by atoms with Gasteiger partial charge in [0.15, 0.2) is 11.5 Å². The molecule has 0 bridgehead atoms. The van der Waals surface area contributed by atoms with Gasteiger partial charge in [-0.2, -0.15) is 0 Å². The maximum absolute atomic E-state index is 5.49. The lowest BCUT2D eigenvalue weighted by atomic mass is 10.1. The summed E-state index contributed by atoms with van der Waals surface area (Å²) in [5.41, 5.74) is 6.65. The third kappa shape index (κ3) is 3.13. The Labute approximate surface area is 91.2 Å².